The Morgan fingerprint density at radius 1 is 0.970 bits per heavy atom. The lowest BCUT2D eigenvalue weighted by molar-refractivity contribution is 0.747. The molecule has 1 atom stereocenters. The van der Waals surface area contributed by atoms with E-state index in [0.29, 0.717) is 11.6 Å². The second-order valence-corrected chi connectivity index (χ2v) is 8.91. The van der Waals surface area contributed by atoms with Crippen LogP contribution in [0.15, 0.2) is 96.2 Å². The molecular formula is C27H21Cl2N3O. The third kappa shape index (κ3) is 4.20. The molecule has 6 heteroatoms. The molecule has 0 aliphatic carbocycles. The molecule has 164 valence electrons. The predicted octanol–water partition coefficient (Wildman–Crippen LogP) is 6.43. The van der Waals surface area contributed by atoms with E-state index >= 15 is 0 Å². The van der Waals surface area contributed by atoms with E-state index < -0.39 is 5.38 Å². The zero-order valence-electron chi connectivity index (χ0n) is 18.0. The van der Waals surface area contributed by atoms with E-state index in [-0.39, 0.29) is 5.56 Å². The first-order chi connectivity index (χ1) is 16.0. The second-order valence-electron chi connectivity index (χ2n) is 8.04. The number of alkyl halides is 1. The van der Waals surface area contributed by atoms with Crippen molar-refractivity contribution in [3.05, 3.63) is 124 Å². The van der Waals surface area contributed by atoms with Gasteiger partial charge in [-0.1, -0.05) is 60.1 Å². The van der Waals surface area contributed by atoms with E-state index in [9.17, 15) is 4.79 Å². The molecule has 5 rings (SSSR count). The number of nitrogens with zero attached hydrogens (tertiary/aromatic N) is 3. The van der Waals surface area contributed by atoms with Gasteiger partial charge in [0.2, 0.25) is 0 Å². The first kappa shape index (κ1) is 21.5. The SMILES string of the molecule is Cn1c(=O)cc(-c2cccc(Cl)c2)c2cc(C(Cl)c3cncn3Cc3ccccc3)ccc21. The molecule has 0 saturated carbocycles. The summed E-state index contributed by atoms with van der Waals surface area (Å²) in [6.45, 7) is 0.690. The van der Waals surface area contributed by atoms with E-state index in [1.165, 1.54) is 5.56 Å². The minimum Gasteiger partial charge on any atom is -0.328 e. The summed E-state index contributed by atoms with van der Waals surface area (Å²) in [5.41, 5.74) is 5.51. The number of benzene rings is 3. The van der Waals surface area contributed by atoms with Crippen molar-refractivity contribution in [2.75, 3.05) is 0 Å². The molecule has 0 amide bonds. The van der Waals surface area contributed by atoms with Crippen LogP contribution in [0.2, 0.25) is 5.02 Å². The van der Waals surface area contributed by atoms with Gasteiger partial charge in [0.1, 0.15) is 5.38 Å². The van der Waals surface area contributed by atoms with Gasteiger partial charge in [-0.25, -0.2) is 4.98 Å². The number of imidazole rings is 1. The molecule has 0 aliphatic rings. The van der Waals surface area contributed by atoms with Crippen molar-refractivity contribution in [1.29, 1.82) is 0 Å². The van der Waals surface area contributed by atoms with Crippen molar-refractivity contribution < 1.29 is 0 Å². The Morgan fingerprint density at radius 3 is 2.58 bits per heavy atom. The van der Waals surface area contributed by atoms with E-state index in [0.717, 1.165) is 33.3 Å². The van der Waals surface area contributed by atoms with Crippen LogP contribution in [0, 0.1) is 0 Å². The Morgan fingerprint density at radius 2 is 1.79 bits per heavy atom. The average Bonchev–Trinajstić information content (AvgIpc) is 3.29. The number of hydrogen-bond donors (Lipinski definition) is 0. The lowest BCUT2D eigenvalue weighted by Crippen LogP contribution is -2.16. The molecule has 0 saturated heterocycles. The number of rotatable bonds is 5. The van der Waals surface area contributed by atoms with Gasteiger partial charge in [-0.15, -0.1) is 11.6 Å². The zero-order valence-corrected chi connectivity index (χ0v) is 19.5. The maximum atomic E-state index is 12.6. The van der Waals surface area contributed by atoms with Crippen LogP contribution in [0.4, 0.5) is 0 Å². The molecule has 0 aliphatic heterocycles. The Bertz CT molecular complexity index is 1510. The number of aryl methyl sites for hydroxylation is 1. The van der Waals surface area contributed by atoms with E-state index in [4.69, 9.17) is 23.2 Å². The third-order valence-corrected chi connectivity index (χ3v) is 6.61. The predicted molar refractivity (Wildman–Crippen MR) is 135 cm³/mol. The highest BCUT2D eigenvalue weighted by Crippen LogP contribution is 2.34. The zero-order chi connectivity index (χ0) is 22.9. The first-order valence-corrected chi connectivity index (χ1v) is 11.4. The van der Waals surface area contributed by atoms with E-state index in [1.54, 1.807) is 24.0 Å². The van der Waals surface area contributed by atoms with Crippen molar-refractivity contribution in [2.45, 2.75) is 11.9 Å². The normalized spacial score (nSPS) is 12.2. The first-order valence-electron chi connectivity index (χ1n) is 10.6. The van der Waals surface area contributed by atoms with Gasteiger partial charge in [-0.2, -0.15) is 0 Å². The molecule has 0 radical (unpaired) electrons. The number of halogens is 2. The monoisotopic (exact) mass is 473 g/mol. The summed E-state index contributed by atoms with van der Waals surface area (Å²) in [4.78, 5) is 17.0. The van der Waals surface area contributed by atoms with Crippen molar-refractivity contribution >= 4 is 34.1 Å². The lowest BCUT2D eigenvalue weighted by Gasteiger charge is -2.16. The van der Waals surface area contributed by atoms with Gasteiger partial charge in [0.05, 0.1) is 17.5 Å². The van der Waals surface area contributed by atoms with E-state index in [2.05, 4.69) is 27.8 Å². The fraction of sp³-hybridized carbons (Fsp3) is 0.111. The summed E-state index contributed by atoms with van der Waals surface area (Å²) >= 11 is 13.2. The number of hydrogen-bond acceptors (Lipinski definition) is 2. The van der Waals surface area contributed by atoms with Crippen molar-refractivity contribution in [3.63, 3.8) is 0 Å². The fourth-order valence-electron chi connectivity index (χ4n) is 4.16. The van der Waals surface area contributed by atoms with Crippen molar-refractivity contribution in [3.8, 4) is 11.1 Å². The minimum absolute atomic E-state index is 0.0754. The molecule has 33 heavy (non-hydrogen) atoms. The van der Waals surface area contributed by atoms with E-state index in [1.807, 2.05) is 60.8 Å². The molecule has 5 aromatic rings. The maximum absolute atomic E-state index is 12.6. The number of fused-ring (bicyclic) bond motifs is 1. The summed E-state index contributed by atoms with van der Waals surface area (Å²) in [6.07, 6.45) is 3.61. The van der Waals surface area contributed by atoms with Crippen LogP contribution in [-0.2, 0) is 13.6 Å². The molecule has 0 spiro atoms. The highest BCUT2D eigenvalue weighted by atomic mass is 35.5. The molecule has 4 nitrogen and oxygen atoms in total. The number of pyridine rings is 1. The topological polar surface area (TPSA) is 39.8 Å². The van der Waals surface area contributed by atoms with Gasteiger partial charge in [0.15, 0.2) is 0 Å². The van der Waals surface area contributed by atoms with Gasteiger partial charge < -0.3 is 9.13 Å². The molecule has 0 bridgehead atoms. The van der Waals surface area contributed by atoms with Crippen LogP contribution in [0.1, 0.15) is 22.2 Å². The Kier molecular flexibility index (Phi) is 5.79. The van der Waals surface area contributed by atoms with Gasteiger partial charge in [-0.3, -0.25) is 4.79 Å². The second kappa shape index (κ2) is 8.89. The molecular weight excluding hydrogens is 453 g/mol. The van der Waals surface area contributed by atoms with Crippen LogP contribution >= 0.6 is 23.2 Å². The molecule has 2 heterocycles. The van der Waals surface area contributed by atoms with Crippen LogP contribution < -0.4 is 5.56 Å². The van der Waals surface area contributed by atoms with Crippen molar-refractivity contribution in [2.24, 2.45) is 7.05 Å². The van der Waals surface area contributed by atoms with Gasteiger partial charge in [0.25, 0.3) is 5.56 Å². The van der Waals surface area contributed by atoms with Crippen LogP contribution in [-0.4, -0.2) is 14.1 Å². The molecule has 3 aromatic carbocycles. The summed E-state index contributed by atoms with van der Waals surface area (Å²) in [7, 11) is 1.78. The largest absolute Gasteiger partial charge is 0.328 e. The Hall–Kier alpha value is -3.34. The summed E-state index contributed by atoms with van der Waals surface area (Å²) in [5, 5.41) is 1.17. The summed E-state index contributed by atoms with van der Waals surface area (Å²) in [6, 6.07) is 25.4. The Balaban J connectivity index is 1.60. The standard InChI is InChI=1S/C27H21Cl2N3O/c1-31-24-11-10-20(13-23(24)22(14-26(31)33)19-8-5-9-21(28)12-19)27(29)25-15-30-17-32(25)16-18-6-3-2-4-7-18/h2-15,17,27H,16H2,1H3. The van der Waals surface area contributed by atoms with Gasteiger partial charge >= 0.3 is 0 Å². The van der Waals surface area contributed by atoms with Crippen LogP contribution in [0.25, 0.3) is 22.0 Å². The molecule has 1 unspecified atom stereocenters. The molecule has 2 aromatic heterocycles. The maximum Gasteiger partial charge on any atom is 0.251 e. The van der Waals surface area contributed by atoms with Crippen molar-refractivity contribution in [1.82, 2.24) is 14.1 Å². The summed E-state index contributed by atoms with van der Waals surface area (Å²) in [5.74, 6) is 0. The highest BCUT2D eigenvalue weighted by Gasteiger charge is 2.18. The van der Waals surface area contributed by atoms with Gasteiger partial charge in [0, 0.05) is 36.3 Å². The minimum atomic E-state index is -0.398. The van der Waals surface area contributed by atoms with Crippen LogP contribution in [0.5, 0.6) is 0 Å². The molecule has 0 N–H and O–H groups in total. The molecule has 0 fully saturated rings. The van der Waals surface area contributed by atoms with Gasteiger partial charge in [-0.05, 0) is 46.5 Å². The fourth-order valence-corrected chi connectivity index (χ4v) is 4.66. The van der Waals surface area contributed by atoms with Crippen LogP contribution in [0.3, 0.4) is 0 Å². The lowest BCUT2D eigenvalue weighted by atomic mass is 9.98. The Labute approximate surface area is 201 Å². The smallest absolute Gasteiger partial charge is 0.251 e. The third-order valence-electron chi connectivity index (χ3n) is 5.90. The average molecular weight is 474 g/mol. The highest BCUT2D eigenvalue weighted by molar-refractivity contribution is 6.31. The summed E-state index contributed by atoms with van der Waals surface area (Å²) < 4.78 is 3.71. The number of aromatic nitrogens is 3. The quantitative estimate of drug-likeness (QED) is 0.276.